The second kappa shape index (κ2) is 4.75. The number of hydrogen-bond acceptors (Lipinski definition) is 2. The van der Waals surface area contributed by atoms with Crippen molar-refractivity contribution >= 4 is 11.3 Å². The van der Waals surface area contributed by atoms with Crippen LogP contribution in [0.5, 0.6) is 0 Å². The first kappa shape index (κ1) is 11.2. The highest BCUT2D eigenvalue weighted by molar-refractivity contribution is 7.13. The number of nitrogens with zero attached hydrogens (tertiary/aromatic N) is 1. The standard InChI is InChI=1S/C16H13NS/c1-12-5-7-13(8-6-12)14-3-2-4-15(11-14)16-17-9-10-18-16/h2-11H,1H3. The fraction of sp³-hybridized carbons (Fsp3) is 0.0625. The van der Waals surface area contributed by atoms with Crippen molar-refractivity contribution in [2.75, 3.05) is 0 Å². The molecule has 0 saturated heterocycles. The lowest BCUT2D eigenvalue weighted by Crippen LogP contribution is -1.81. The summed E-state index contributed by atoms with van der Waals surface area (Å²) in [5, 5.41) is 3.08. The fourth-order valence-electron chi connectivity index (χ4n) is 1.94. The van der Waals surface area contributed by atoms with Gasteiger partial charge in [0.15, 0.2) is 0 Å². The molecule has 3 rings (SSSR count). The van der Waals surface area contributed by atoms with Gasteiger partial charge in [0.05, 0.1) is 0 Å². The summed E-state index contributed by atoms with van der Waals surface area (Å²) in [6.45, 7) is 2.11. The van der Waals surface area contributed by atoms with Gasteiger partial charge in [-0.15, -0.1) is 11.3 Å². The Bertz CT molecular complexity index is 639. The summed E-state index contributed by atoms with van der Waals surface area (Å²) in [4.78, 5) is 4.35. The number of aryl methyl sites for hydroxylation is 1. The van der Waals surface area contributed by atoms with Gasteiger partial charge in [0.1, 0.15) is 5.01 Å². The molecule has 0 radical (unpaired) electrons. The molecule has 0 fully saturated rings. The zero-order valence-corrected chi connectivity index (χ0v) is 10.9. The monoisotopic (exact) mass is 251 g/mol. The first-order valence-corrected chi connectivity index (χ1v) is 6.78. The molecule has 1 aromatic heterocycles. The largest absolute Gasteiger partial charge is 0.245 e. The van der Waals surface area contributed by atoms with Gasteiger partial charge in [0.2, 0.25) is 0 Å². The SMILES string of the molecule is Cc1ccc(-c2cccc(-c3nccs3)c2)cc1. The van der Waals surface area contributed by atoms with Crippen molar-refractivity contribution in [3.05, 3.63) is 65.7 Å². The lowest BCUT2D eigenvalue weighted by molar-refractivity contribution is 1.41. The van der Waals surface area contributed by atoms with E-state index in [-0.39, 0.29) is 0 Å². The molecular weight excluding hydrogens is 238 g/mol. The maximum absolute atomic E-state index is 4.35. The van der Waals surface area contributed by atoms with Gasteiger partial charge in [-0.2, -0.15) is 0 Å². The number of aromatic nitrogens is 1. The highest BCUT2D eigenvalue weighted by Gasteiger charge is 2.03. The average molecular weight is 251 g/mol. The van der Waals surface area contributed by atoms with Crippen LogP contribution in [0, 0.1) is 6.92 Å². The van der Waals surface area contributed by atoms with Crippen LogP contribution in [-0.4, -0.2) is 4.98 Å². The second-order valence-electron chi connectivity index (χ2n) is 4.28. The van der Waals surface area contributed by atoms with Crippen molar-refractivity contribution in [2.45, 2.75) is 6.92 Å². The van der Waals surface area contributed by atoms with Crippen molar-refractivity contribution in [2.24, 2.45) is 0 Å². The number of thiazole rings is 1. The van der Waals surface area contributed by atoms with Crippen LogP contribution in [0.2, 0.25) is 0 Å². The maximum Gasteiger partial charge on any atom is 0.123 e. The van der Waals surface area contributed by atoms with Gasteiger partial charge >= 0.3 is 0 Å². The van der Waals surface area contributed by atoms with Crippen LogP contribution in [0.25, 0.3) is 21.7 Å². The van der Waals surface area contributed by atoms with E-state index >= 15 is 0 Å². The Morgan fingerprint density at radius 2 is 1.67 bits per heavy atom. The third-order valence-corrected chi connectivity index (χ3v) is 3.75. The van der Waals surface area contributed by atoms with Gasteiger partial charge in [0, 0.05) is 17.1 Å². The predicted molar refractivity (Wildman–Crippen MR) is 77.7 cm³/mol. The van der Waals surface area contributed by atoms with Gasteiger partial charge in [-0.25, -0.2) is 4.98 Å². The van der Waals surface area contributed by atoms with Crippen molar-refractivity contribution in [3.63, 3.8) is 0 Å². The normalized spacial score (nSPS) is 10.5. The molecule has 18 heavy (non-hydrogen) atoms. The van der Waals surface area contributed by atoms with Gasteiger partial charge in [0.25, 0.3) is 0 Å². The predicted octanol–water partition coefficient (Wildman–Crippen LogP) is 4.79. The van der Waals surface area contributed by atoms with E-state index in [9.17, 15) is 0 Å². The van der Waals surface area contributed by atoms with E-state index in [1.54, 1.807) is 11.3 Å². The third-order valence-electron chi connectivity index (χ3n) is 2.93. The van der Waals surface area contributed by atoms with Crippen molar-refractivity contribution in [1.29, 1.82) is 0 Å². The number of benzene rings is 2. The zero-order chi connectivity index (χ0) is 12.4. The van der Waals surface area contributed by atoms with Crippen LogP contribution in [-0.2, 0) is 0 Å². The summed E-state index contributed by atoms with van der Waals surface area (Å²) in [7, 11) is 0. The Hall–Kier alpha value is -1.93. The van der Waals surface area contributed by atoms with E-state index in [4.69, 9.17) is 0 Å². The van der Waals surface area contributed by atoms with Gasteiger partial charge < -0.3 is 0 Å². The van der Waals surface area contributed by atoms with Crippen molar-refractivity contribution < 1.29 is 0 Å². The molecule has 0 N–H and O–H groups in total. The van der Waals surface area contributed by atoms with E-state index < -0.39 is 0 Å². The Labute approximate surface area is 111 Å². The molecule has 0 atom stereocenters. The number of rotatable bonds is 2. The van der Waals surface area contributed by atoms with E-state index in [2.05, 4.69) is 60.4 Å². The summed E-state index contributed by atoms with van der Waals surface area (Å²) in [5.74, 6) is 0. The van der Waals surface area contributed by atoms with Crippen molar-refractivity contribution in [1.82, 2.24) is 4.98 Å². The molecular formula is C16H13NS. The molecule has 0 saturated carbocycles. The van der Waals surface area contributed by atoms with E-state index in [1.165, 1.54) is 22.3 Å². The van der Waals surface area contributed by atoms with Gasteiger partial charge in [-0.3, -0.25) is 0 Å². The fourth-order valence-corrected chi connectivity index (χ4v) is 2.58. The van der Waals surface area contributed by atoms with Gasteiger partial charge in [-0.1, -0.05) is 48.0 Å². The summed E-state index contributed by atoms with van der Waals surface area (Å²) in [6.07, 6.45) is 1.85. The molecule has 2 aromatic carbocycles. The molecule has 0 aliphatic heterocycles. The topological polar surface area (TPSA) is 12.9 Å². The molecule has 88 valence electrons. The zero-order valence-electron chi connectivity index (χ0n) is 10.1. The molecule has 0 unspecified atom stereocenters. The van der Waals surface area contributed by atoms with Crippen molar-refractivity contribution in [3.8, 4) is 21.7 Å². The summed E-state index contributed by atoms with van der Waals surface area (Å²) in [6, 6.07) is 17.1. The molecule has 2 heteroatoms. The highest BCUT2D eigenvalue weighted by Crippen LogP contribution is 2.27. The third kappa shape index (κ3) is 2.20. The van der Waals surface area contributed by atoms with Gasteiger partial charge in [-0.05, 0) is 24.1 Å². The van der Waals surface area contributed by atoms with Crippen LogP contribution in [0.1, 0.15) is 5.56 Å². The van der Waals surface area contributed by atoms with Crippen LogP contribution < -0.4 is 0 Å². The molecule has 1 heterocycles. The molecule has 0 bridgehead atoms. The highest BCUT2D eigenvalue weighted by atomic mass is 32.1. The minimum Gasteiger partial charge on any atom is -0.245 e. The minimum absolute atomic E-state index is 1.07. The van der Waals surface area contributed by atoms with E-state index in [0.29, 0.717) is 0 Å². The second-order valence-corrected chi connectivity index (χ2v) is 5.18. The lowest BCUT2D eigenvalue weighted by atomic mass is 10.0. The summed E-state index contributed by atoms with van der Waals surface area (Å²) in [5.41, 5.74) is 4.96. The average Bonchev–Trinajstić information content (AvgIpc) is 2.94. The first-order valence-electron chi connectivity index (χ1n) is 5.90. The Morgan fingerprint density at radius 1 is 0.889 bits per heavy atom. The molecule has 0 aliphatic rings. The number of hydrogen-bond donors (Lipinski definition) is 0. The Kier molecular flexibility index (Phi) is 2.95. The Morgan fingerprint density at radius 3 is 2.39 bits per heavy atom. The van der Waals surface area contributed by atoms with Crippen LogP contribution in [0.3, 0.4) is 0 Å². The summed E-state index contributed by atoms with van der Waals surface area (Å²) < 4.78 is 0. The lowest BCUT2D eigenvalue weighted by Gasteiger charge is -2.04. The molecule has 0 spiro atoms. The van der Waals surface area contributed by atoms with E-state index in [1.807, 2.05) is 11.6 Å². The smallest absolute Gasteiger partial charge is 0.123 e. The quantitative estimate of drug-likeness (QED) is 0.638. The summed E-state index contributed by atoms with van der Waals surface area (Å²) >= 11 is 1.67. The minimum atomic E-state index is 1.07. The maximum atomic E-state index is 4.35. The Balaban J connectivity index is 2.03. The van der Waals surface area contributed by atoms with E-state index in [0.717, 1.165) is 5.01 Å². The van der Waals surface area contributed by atoms with Crippen LogP contribution in [0.15, 0.2) is 60.1 Å². The molecule has 1 nitrogen and oxygen atoms in total. The first-order chi connectivity index (χ1) is 8.83. The van der Waals surface area contributed by atoms with Crippen LogP contribution in [0.4, 0.5) is 0 Å². The van der Waals surface area contributed by atoms with Crippen LogP contribution >= 0.6 is 11.3 Å². The molecule has 0 amide bonds. The molecule has 0 aliphatic carbocycles. The molecule has 3 aromatic rings.